The number of nitrogens with zero attached hydrogens (tertiary/aromatic N) is 3. The third-order valence-corrected chi connectivity index (χ3v) is 3.94. The number of halogens is 1. The lowest BCUT2D eigenvalue weighted by atomic mass is 10.2. The van der Waals surface area contributed by atoms with Crippen molar-refractivity contribution in [2.75, 3.05) is 25.0 Å². The molecule has 1 N–H and O–H groups in total. The molecule has 0 saturated carbocycles. The van der Waals surface area contributed by atoms with Gasteiger partial charge in [-0.05, 0) is 25.1 Å². The van der Waals surface area contributed by atoms with Crippen molar-refractivity contribution in [2.45, 2.75) is 20.4 Å². The van der Waals surface area contributed by atoms with E-state index in [1.807, 2.05) is 43.0 Å². The number of aromatic nitrogens is 2. The number of anilines is 1. The Morgan fingerprint density at radius 3 is 2.75 bits per heavy atom. The molecule has 0 aliphatic carbocycles. The molecule has 0 spiro atoms. The fourth-order valence-electron chi connectivity index (χ4n) is 2.40. The third-order valence-electron chi connectivity index (χ3n) is 3.57. The van der Waals surface area contributed by atoms with Crippen molar-refractivity contribution in [3.05, 3.63) is 59.3 Å². The van der Waals surface area contributed by atoms with E-state index in [4.69, 9.17) is 11.6 Å². The van der Waals surface area contributed by atoms with Crippen molar-refractivity contribution in [1.29, 1.82) is 0 Å². The first-order chi connectivity index (χ1) is 11.5. The Morgan fingerprint density at radius 2 is 2.08 bits per heavy atom. The Morgan fingerprint density at radius 1 is 1.33 bits per heavy atom. The minimum absolute atomic E-state index is 0.0704. The van der Waals surface area contributed by atoms with Gasteiger partial charge in [-0.15, -0.1) is 0 Å². The van der Waals surface area contributed by atoms with Gasteiger partial charge in [-0.25, -0.2) is 4.68 Å². The number of rotatable bonds is 8. The number of carbonyl (C=O) groups is 1. The molecule has 0 aliphatic heterocycles. The number of carbonyl (C=O) groups excluding carboxylic acids is 1. The van der Waals surface area contributed by atoms with Gasteiger partial charge < -0.3 is 5.32 Å². The Balaban J connectivity index is 2.01. The predicted molar refractivity (Wildman–Crippen MR) is 98.3 cm³/mol. The van der Waals surface area contributed by atoms with Gasteiger partial charge in [-0.3, -0.25) is 9.69 Å². The summed E-state index contributed by atoms with van der Waals surface area (Å²) in [5.74, 6) is 0.588. The first-order valence-corrected chi connectivity index (χ1v) is 8.29. The standard InChI is InChI=1S/C18H23ClN4O/c1-4-22(11-14(2)3)13-18(24)21-17-9-10-20-23(17)12-15-7-5-6-8-16(15)19/h5-10H,2,4,11-13H2,1,3H3,(H,21,24). The van der Waals surface area contributed by atoms with Crippen LogP contribution in [0, 0.1) is 0 Å². The average Bonchev–Trinajstić information content (AvgIpc) is 2.95. The van der Waals surface area contributed by atoms with Crippen LogP contribution in [0.4, 0.5) is 5.82 Å². The molecule has 0 fully saturated rings. The first-order valence-electron chi connectivity index (χ1n) is 7.91. The highest BCUT2D eigenvalue weighted by Gasteiger charge is 2.12. The van der Waals surface area contributed by atoms with Crippen molar-refractivity contribution < 1.29 is 4.79 Å². The lowest BCUT2D eigenvalue weighted by Gasteiger charge is -2.20. The van der Waals surface area contributed by atoms with Gasteiger partial charge in [0.1, 0.15) is 5.82 Å². The molecule has 5 nitrogen and oxygen atoms in total. The molecule has 1 aromatic carbocycles. The topological polar surface area (TPSA) is 50.2 Å². The summed E-state index contributed by atoms with van der Waals surface area (Å²) in [5.41, 5.74) is 1.99. The van der Waals surface area contributed by atoms with Gasteiger partial charge >= 0.3 is 0 Å². The second-order valence-corrected chi connectivity index (χ2v) is 6.18. The second kappa shape index (κ2) is 8.66. The summed E-state index contributed by atoms with van der Waals surface area (Å²) in [5, 5.41) is 7.87. The van der Waals surface area contributed by atoms with Crippen LogP contribution < -0.4 is 5.32 Å². The van der Waals surface area contributed by atoms with E-state index in [1.54, 1.807) is 16.9 Å². The highest BCUT2D eigenvalue weighted by atomic mass is 35.5. The smallest absolute Gasteiger partial charge is 0.239 e. The Bertz CT molecular complexity index is 711. The lowest BCUT2D eigenvalue weighted by molar-refractivity contribution is -0.117. The molecular weight excluding hydrogens is 324 g/mol. The summed E-state index contributed by atoms with van der Waals surface area (Å²) < 4.78 is 1.73. The quantitative estimate of drug-likeness (QED) is 0.745. The normalized spacial score (nSPS) is 10.8. The van der Waals surface area contributed by atoms with Crippen molar-refractivity contribution in [2.24, 2.45) is 0 Å². The highest BCUT2D eigenvalue weighted by molar-refractivity contribution is 6.31. The van der Waals surface area contributed by atoms with Gasteiger partial charge in [0.15, 0.2) is 0 Å². The van der Waals surface area contributed by atoms with E-state index < -0.39 is 0 Å². The molecule has 0 unspecified atom stereocenters. The van der Waals surface area contributed by atoms with Crippen molar-refractivity contribution in [3.8, 4) is 0 Å². The predicted octanol–water partition coefficient (Wildman–Crippen LogP) is 3.42. The molecule has 2 rings (SSSR count). The molecule has 128 valence electrons. The molecule has 0 atom stereocenters. The van der Waals surface area contributed by atoms with Crippen LogP contribution in [0.3, 0.4) is 0 Å². The molecule has 0 saturated heterocycles. The first kappa shape index (κ1) is 18.2. The van der Waals surface area contributed by atoms with Gasteiger partial charge in [0.05, 0.1) is 19.3 Å². The maximum atomic E-state index is 12.3. The Labute approximate surface area is 147 Å². The van der Waals surface area contributed by atoms with Crippen molar-refractivity contribution in [1.82, 2.24) is 14.7 Å². The van der Waals surface area contributed by atoms with Crippen LogP contribution in [-0.2, 0) is 11.3 Å². The van der Waals surface area contributed by atoms with E-state index >= 15 is 0 Å². The van der Waals surface area contributed by atoms with Crippen LogP contribution in [0.15, 0.2) is 48.7 Å². The molecule has 6 heteroatoms. The van der Waals surface area contributed by atoms with Crippen LogP contribution in [0.25, 0.3) is 0 Å². The fourth-order valence-corrected chi connectivity index (χ4v) is 2.60. The molecule has 0 radical (unpaired) electrons. The van der Waals surface area contributed by atoms with Crippen LogP contribution in [-0.4, -0.2) is 40.2 Å². The van der Waals surface area contributed by atoms with Gasteiger partial charge in [0, 0.05) is 17.6 Å². The van der Waals surface area contributed by atoms with Crippen LogP contribution >= 0.6 is 11.6 Å². The van der Waals surface area contributed by atoms with Crippen LogP contribution in [0.5, 0.6) is 0 Å². The van der Waals surface area contributed by atoms with Crippen LogP contribution in [0.2, 0.25) is 5.02 Å². The molecule has 1 heterocycles. The number of hydrogen-bond acceptors (Lipinski definition) is 3. The number of amides is 1. The second-order valence-electron chi connectivity index (χ2n) is 5.77. The maximum absolute atomic E-state index is 12.3. The van der Waals surface area contributed by atoms with E-state index in [2.05, 4.69) is 17.0 Å². The molecule has 24 heavy (non-hydrogen) atoms. The Kier molecular flexibility index (Phi) is 6.58. The number of nitrogens with one attached hydrogen (secondary N) is 1. The summed E-state index contributed by atoms with van der Waals surface area (Å²) in [6.07, 6.45) is 1.66. The highest BCUT2D eigenvalue weighted by Crippen LogP contribution is 2.18. The summed E-state index contributed by atoms with van der Waals surface area (Å²) in [6.45, 7) is 10.2. The lowest BCUT2D eigenvalue weighted by Crippen LogP contribution is -2.34. The fraction of sp³-hybridized carbons (Fsp3) is 0.333. The average molecular weight is 347 g/mol. The molecule has 2 aromatic rings. The van der Waals surface area contributed by atoms with E-state index in [1.165, 1.54) is 0 Å². The monoisotopic (exact) mass is 346 g/mol. The van der Waals surface area contributed by atoms with Crippen molar-refractivity contribution in [3.63, 3.8) is 0 Å². The van der Waals surface area contributed by atoms with Gasteiger partial charge in [0.2, 0.25) is 5.91 Å². The zero-order chi connectivity index (χ0) is 17.5. The van der Waals surface area contributed by atoms with E-state index in [0.29, 0.717) is 30.5 Å². The molecule has 0 aliphatic rings. The minimum atomic E-state index is -0.0704. The summed E-state index contributed by atoms with van der Waals surface area (Å²) in [6, 6.07) is 9.39. The summed E-state index contributed by atoms with van der Waals surface area (Å²) >= 11 is 6.19. The number of hydrogen-bond donors (Lipinski definition) is 1. The maximum Gasteiger partial charge on any atom is 0.239 e. The summed E-state index contributed by atoms with van der Waals surface area (Å²) in [7, 11) is 0. The largest absolute Gasteiger partial charge is 0.310 e. The van der Waals surface area contributed by atoms with Gasteiger partial charge in [0.25, 0.3) is 0 Å². The van der Waals surface area contributed by atoms with Gasteiger partial charge in [-0.1, -0.05) is 48.9 Å². The van der Waals surface area contributed by atoms with Crippen molar-refractivity contribution >= 4 is 23.3 Å². The Hall–Kier alpha value is -2.11. The van der Waals surface area contributed by atoms with E-state index in [9.17, 15) is 4.79 Å². The molecule has 1 amide bonds. The SMILES string of the molecule is C=C(C)CN(CC)CC(=O)Nc1ccnn1Cc1ccccc1Cl. The van der Waals surface area contributed by atoms with Crippen LogP contribution in [0.1, 0.15) is 19.4 Å². The van der Waals surface area contributed by atoms with E-state index in [0.717, 1.165) is 17.7 Å². The molecule has 0 bridgehead atoms. The molecular formula is C18H23ClN4O. The summed E-state index contributed by atoms with van der Waals surface area (Å²) in [4.78, 5) is 14.3. The van der Waals surface area contributed by atoms with E-state index in [-0.39, 0.29) is 5.91 Å². The number of benzene rings is 1. The third kappa shape index (κ3) is 5.22. The zero-order valence-electron chi connectivity index (χ0n) is 14.1. The van der Waals surface area contributed by atoms with Gasteiger partial charge in [-0.2, -0.15) is 5.10 Å². The number of likely N-dealkylation sites (N-methyl/N-ethyl adjacent to an activating group) is 1. The zero-order valence-corrected chi connectivity index (χ0v) is 14.9. The minimum Gasteiger partial charge on any atom is -0.310 e. The molecule has 1 aromatic heterocycles.